The van der Waals surface area contributed by atoms with Gasteiger partial charge in [-0.2, -0.15) is 17.5 Å². The molecule has 0 aliphatic carbocycles. The maximum atomic E-state index is 13.1. The van der Waals surface area contributed by atoms with E-state index in [2.05, 4.69) is 15.5 Å². The molecule has 0 amide bonds. The molecule has 2 heterocycles. The Kier molecular flexibility index (Phi) is 7.42. The zero-order valence-corrected chi connectivity index (χ0v) is 17.9. The normalized spacial score (nSPS) is 16.1. The molecule has 12 heteroatoms. The number of sulfonamides is 1. The summed E-state index contributed by atoms with van der Waals surface area (Å²) < 4.78 is 75.7. The van der Waals surface area contributed by atoms with Crippen molar-refractivity contribution < 1.29 is 30.7 Å². The van der Waals surface area contributed by atoms with Gasteiger partial charge in [-0.25, -0.2) is 8.42 Å². The van der Waals surface area contributed by atoms with Crippen LogP contribution in [0.2, 0.25) is 0 Å². The van der Waals surface area contributed by atoms with Gasteiger partial charge in [0, 0.05) is 19.5 Å². The summed E-state index contributed by atoms with van der Waals surface area (Å²) in [4.78, 5) is -0.0176. The Hall–Kier alpha value is -2.34. The molecule has 0 bridgehead atoms. The third kappa shape index (κ3) is 6.33. The highest BCUT2D eigenvalue weighted by molar-refractivity contribution is 7.89. The number of ether oxygens (including phenoxy) is 1. The van der Waals surface area contributed by atoms with E-state index in [1.807, 2.05) is 6.92 Å². The number of hydrogen-bond donors (Lipinski definition) is 1. The van der Waals surface area contributed by atoms with Crippen LogP contribution in [-0.2, 0) is 23.0 Å². The highest BCUT2D eigenvalue weighted by Gasteiger charge is 2.30. The van der Waals surface area contributed by atoms with E-state index < -0.39 is 22.8 Å². The molecule has 1 saturated heterocycles. The summed E-state index contributed by atoms with van der Waals surface area (Å²) in [7, 11) is -3.79. The van der Waals surface area contributed by atoms with Crippen LogP contribution in [0.25, 0.3) is 0 Å². The summed E-state index contributed by atoms with van der Waals surface area (Å²) in [5, 5.41) is 10.5. The molecule has 1 N–H and O–H groups in total. The first-order valence-corrected chi connectivity index (χ1v) is 11.5. The Bertz CT molecular complexity index is 971. The van der Waals surface area contributed by atoms with E-state index >= 15 is 0 Å². The molecule has 3 rings (SSSR count). The Morgan fingerprint density at radius 1 is 1.13 bits per heavy atom. The van der Waals surface area contributed by atoms with Gasteiger partial charge in [0.1, 0.15) is 5.75 Å². The smallest absolute Gasteiger partial charge is 0.422 e. The summed E-state index contributed by atoms with van der Waals surface area (Å²) in [6.07, 6.45) is -0.519. The fraction of sp³-hybridized carbons (Fsp3) is 0.579. The lowest BCUT2D eigenvalue weighted by Gasteiger charge is -2.21. The Labute approximate surface area is 178 Å². The quantitative estimate of drug-likeness (QED) is 0.638. The summed E-state index contributed by atoms with van der Waals surface area (Å²) in [5.41, 5.74) is 0.0939. The van der Waals surface area contributed by atoms with E-state index in [1.54, 1.807) is 0 Å². The molecular weight excluding hydrogens is 437 g/mol. The van der Waals surface area contributed by atoms with Crippen molar-refractivity contribution in [1.82, 2.24) is 14.5 Å². The van der Waals surface area contributed by atoms with Crippen LogP contribution in [-0.4, -0.2) is 48.8 Å². The van der Waals surface area contributed by atoms with Gasteiger partial charge in [0.25, 0.3) is 0 Å². The molecule has 1 aromatic heterocycles. The minimum atomic E-state index is -4.53. The van der Waals surface area contributed by atoms with Crippen LogP contribution in [0, 0.1) is 0 Å². The van der Waals surface area contributed by atoms with Gasteiger partial charge in [0.15, 0.2) is 6.61 Å². The van der Waals surface area contributed by atoms with E-state index in [9.17, 15) is 21.6 Å². The van der Waals surface area contributed by atoms with Crippen molar-refractivity contribution >= 4 is 15.7 Å². The largest absolute Gasteiger partial charge is 0.482 e. The minimum Gasteiger partial charge on any atom is -0.482 e. The first-order chi connectivity index (χ1) is 14.7. The maximum Gasteiger partial charge on any atom is 0.422 e. The molecule has 0 radical (unpaired) electrons. The molecule has 0 atom stereocenters. The Balaban J connectivity index is 1.86. The fourth-order valence-corrected chi connectivity index (χ4v) is 4.74. The van der Waals surface area contributed by atoms with Crippen molar-refractivity contribution in [3.8, 4) is 5.75 Å². The monoisotopic (exact) mass is 462 g/mol. The summed E-state index contributed by atoms with van der Waals surface area (Å²) >= 11 is 0. The average Bonchev–Trinajstić information content (AvgIpc) is 3.00. The van der Waals surface area contributed by atoms with Crippen molar-refractivity contribution in [1.29, 1.82) is 0 Å². The molecule has 1 aromatic carbocycles. The molecule has 1 aliphatic heterocycles. The van der Waals surface area contributed by atoms with Crippen molar-refractivity contribution in [2.45, 2.75) is 56.6 Å². The number of benzene rings is 1. The number of halogens is 3. The van der Waals surface area contributed by atoms with Gasteiger partial charge >= 0.3 is 6.18 Å². The number of aryl methyl sites for hydroxylation is 1. The standard InChI is InChI=1S/C19H25F3N4O4S/c1-2-17-24-25-18(30-17)12-23-15-11-14(7-8-16(15)29-13-19(20,21)22)31(27,28)26-9-5-3-4-6-10-26/h7-8,11,23H,2-6,9-10,12-13H2,1H3. The third-order valence-electron chi connectivity index (χ3n) is 4.79. The van der Waals surface area contributed by atoms with Crippen molar-refractivity contribution in [3.05, 3.63) is 30.0 Å². The van der Waals surface area contributed by atoms with Crippen molar-refractivity contribution in [2.75, 3.05) is 25.0 Å². The molecule has 31 heavy (non-hydrogen) atoms. The van der Waals surface area contributed by atoms with E-state index in [4.69, 9.17) is 9.15 Å². The lowest BCUT2D eigenvalue weighted by atomic mass is 10.2. The van der Waals surface area contributed by atoms with Gasteiger partial charge in [-0.3, -0.25) is 0 Å². The summed E-state index contributed by atoms with van der Waals surface area (Å²) in [5.74, 6) is 0.518. The average molecular weight is 462 g/mol. The number of nitrogens with one attached hydrogen (secondary N) is 1. The lowest BCUT2D eigenvalue weighted by Crippen LogP contribution is -2.32. The molecule has 172 valence electrons. The van der Waals surface area contributed by atoms with E-state index in [0.717, 1.165) is 25.7 Å². The molecule has 0 saturated carbocycles. The predicted molar refractivity (Wildman–Crippen MR) is 106 cm³/mol. The second-order valence-corrected chi connectivity index (χ2v) is 9.11. The SMILES string of the molecule is CCc1nnc(CNc2cc(S(=O)(=O)N3CCCCCC3)ccc2OCC(F)(F)F)o1. The number of anilines is 1. The molecule has 2 aromatic rings. The summed E-state index contributed by atoms with van der Waals surface area (Å²) in [6.45, 7) is 1.17. The van der Waals surface area contributed by atoms with Crippen molar-refractivity contribution in [3.63, 3.8) is 0 Å². The van der Waals surface area contributed by atoms with Crippen LogP contribution in [0.4, 0.5) is 18.9 Å². The molecule has 1 aliphatic rings. The van der Waals surface area contributed by atoms with Gasteiger partial charge in [-0.05, 0) is 31.0 Å². The van der Waals surface area contributed by atoms with Crippen LogP contribution in [0.3, 0.4) is 0 Å². The molecule has 0 spiro atoms. The molecule has 8 nitrogen and oxygen atoms in total. The zero-order chi connectivity index (χ0) is 22.5. The first kappa shape index (κ1) is 23.3. The topological polar surface area (TPSA) is 97.6 Å². The van der Waals surface area contributed by atoms with E-state index in [1.165, 1.54) is 22.5 Å². The van der Waals surface area contributed by atoms with Crippen LogP contribution in [0.5, 0.6) is 5.75 Å². The Morgan fingerprint density at radius 3 is 2.42 bits per heavy atom. The van der Waals surface area contributed by atoms with Gasteiger partial charge < -0.3 is 14.5 Å². The second kappa shape index (κ2) is 9.86. The zero-order valence-electron chi connectivity index (χ0n) is 17.1. The molecular formula is C19H25F3N4O4S. The maximum absolute atomic E-state index is 13.1. The number of alkyl halides is 3. The molecule has 1 fully saturated rings. The minimum absolute atomic E-state index is 0.00257. The van der Waals surface area contributed by atoms with Gasteiger partial charge in [-0.1, -0.05) is 19.8 Å². The van der Waals surface area contributed by atoms with Crippen LogP contribution in [0.1, 0.15) is 44.4 Å². The predicted octanol–water partition coefficient (Wildman–Crippen LogP) is 3.75. The highest BCUT2D eigenvalue weighted by atomic mass is 32.2. The summed E-state index contributed by atoms with van der Waals surface area (Å²) in [6, 6.07) is 3.77. The van der Waals surface area contributed by atoms with E-state index in [0.29, 0.717) is 25.4 Å². The van der Waals surface area contributed by atoms with Crippen LogP contribution >= 0.6 is 0 Å². The number of nitrogens with zero attached hydrogens (tertiary/aromatic N) is 3. The van der Waals surface area contributed by atoms with Gasteiger partial charge in [-0.15, -0.1) is 10.2 Å². The van der Waals surface area contributed by atoms with Crippen molar-refractivity contribution in [2.24, 2.45) is 0 Å². The third-order valence-corrected chi connectivity index (χ3v) is 6.68. The van der Waals surface area contributed by atoms with Crippen LogP contribution in [0.15, 0.2) is 27.5 Å². The second-order valence-electron chi connectivity index (χ2n) is 7.18. The number of aromatic nitrogens is 2. The molecule has 0 unspecified atom stereocenters. The first-order valence-electron chi connectivity index (χ1n) is 10.1. The van der Waals surface area contributed by atoms with Gasteiger partial charge in [0.05, 0.1) is 17.1 Å². The van der Waals surface area contributed by atoms with E-state index in [-0.39, 0.29) is 28.8 Å². The number of hydrogen-bond acceptors (Lipinski definition) is 7. The number of rotatable bonds is 8. The van der Waals surface area contributed by atoms with Crippen LogP contribution < -0.4 is 10.1 Å². The fourth-order valence-electron chi connectivity index (χ4n) is 3.20. The van der Waals surface area contributed by atoms with Gasteiger partial charge in [0.2, 0.25) is 21.8 Å². The highest BCUT2D eigenvalue weighted by Crippen LogP contribution is 2.31. The Morgan fingerprint density at radius 2 is 1.81 bits per heavy atom. The lowest BCUT2D eigenvalue weighted by molar-refractivity contribution is -0.153.